The lowest BCUT2D eigenvalue weighted by Crippen LogP contribution is -2.18. The molecule has 122 valence electrons. The first-order valence-electron chi connectivity index (χ1n) is 5.96. The molecule has 1 N–H and O–H groups in total. The Labute approximate surface area is 128 Å². The zero-order valence-corrected chi connectivity index (χ0v) is 12.3. The van der Waals surface area contributed by atoms with E-state index in [9.17, 15) is 26.4 Å². The van der Waals surface area contributed by atoms with Crippen LogP contribution in [0, 0.1) is 0 Å². The molecule has 0 radical (unpaired) electrons. The number of halogens is 3. The van der Waals surface area contributed by atoms with Crippen LogP contribution in [0.1, 0.15) is 16.2 Å². The van der Waals surface area contributed by atoms with Gasteiger partial charge in [-0.25, -0.2) is 13.4 Å². The van der Waals surface area contributed by atoms with E-state index in [0.717, 1.165) is 12.3 Å². The first kappa shape index (κ1) is 16.8. The number of alkyl halides is 3. The van der Waals surface area contributed by atoms with E-state index in [0.29, 0.717) is 6.07 Å². The predicted octanol–water partition coefficient (Wildman–Crippen LogP) is 1.55. The maximum absolute atomic E-state index is 12.4. The molecule has 2 rings (SSSR count). The summed E-state index contributed by atoms with van der Waals surface area (Å²) in [5, 5.41) is 7.96. The summed E-state index contributed by atoms with van der Waals surface area (Å²) in [6.07, 6.45) is -2.54. The lowest BCUT2D eigenvalue weighted by atomic mass is 10.3. The second-order valence-corrected chi connectivity index (χ2v) is 6.32. The van der Waals surface area contributed by atoms with Crippen molar-refractivity contribution in [3.8, 4) is 0 Å². The van der Waals surface area contributed by atoms with E-state index < -0.39 is 33.3 Å². The molecule has 0 spiro atoms. The van der Waals surface area contributed by atoms with Crippen LogP contribution in [0.5, 0.6) is 0 Å². The summed E-state index contributed by atoms with van der Waals surface area (Å²) in [7, 11) is -3.70. The lowest BCUT2D eigenvalue weighted by Gasteiger charge is -2.08. The van der Waals surface area contributed by atoms with Crippen molar-refractivity contribution in [2.24, 2.45) is 0 Å². The fourth-order valence-electron chi connectivity index (χ4n) is 1.57. The fraction of sp³-hybridized carbons (Fsp3) is 0.167. The second-order valence-electron chi connectivity index (χ2n) is 4.38. The number of pyridine rings is 1. The van der Waals surface area contributed by atoms with Crippen molar-refractivity contribution >= 4 is 21.4 Å². The normalized spacial score (nSPS) is 12.0. The Morgan fingerprint density at radius 3 is 2.39 bits per heavy atom. The van der Waals surface area contributed by atoms with Crippen LogP contribution >= 0.6 is 0 Å². The lowest BCUT2D eigenvalue weighted by molar-refractivity contribution is -0.141. The Bertz CT molecular complexity index is 835. The second kappa shape index (κ2) is 5.91. The van der Waals surface area contributed by atoms with Crippen LogP contribution in [-0.4, -0.2) is 35.8 Å². The van der Waals surface area contributed by atoms with Gasteiger partial charge in [0.25, 0.3) is 5.91 Å². The van der Waals surface area contributed by atoms with Gasteiger partial charge in [0.2, 0.25) is 0 Å². The minimum absolute atomic E-state index is 0.110. The van der Waals surface area contributed by atoms with Gasteiger partial charge >= 0.3 is 6.18 Å². The molecule has 11 heteroatoms. The van der Waals surface area contributed by atoms with Crippen molar-refractivity contribution in [1.29, 1.82) is 0 Å². The molecule has 0 aliphatic carbocycles. The van der Waals surface area contributed by atoms with Gasteiger partial charge in [0, 0.05) is 12.5 Å². The van der Waals surface area contributed by atoms with Crippen LogP contribution in [0.4, 0.5) is 18.9 Å². The molecule has 7 nitrogen and oxygen atoms in total. The van der Waals surface area contributed by atoms with Gasteiger partial charge in [-0.15, -0.1) is 10.2 Å². The van der Waals surface area contributed by atoms with Gasteiger partial charge in [0.05, 0.1) is 5.69 Å². The summed E-state index contributed by atoms with van der Waals surface area (Å²) >= 11 is 0. The molecule has 1 amide bonds. The zero-order chi connectivity index (χ0) is 17.3. The van der Waals surface area contributed by atoms with Gasteiger partial charge in [-0.2, -0.15) is 13.2 Å². The van der Waals surface area contributed by atoms with E-state index in [4.69, 9.17) is 0 Å². The average molecular weight is 346 g/mol. The number of nitrogens with one attached hydrogen (secondary N) is 1. The largest absolute Gasteiger partial charge is 0.435 e. The minimum atomic E-state index is -4.67. The van der Waals surface area contributed by atoms with Crippen molar-refractivity contribution in [2.45, 2.75) is 11.2 Å². The third-order valence-corrected chi connectivity index (χ3v) is 3.59. The third-order valence-electron chi connectivity index (χ3n) is 2.56. The quantitative estimate of drug-likeness (QED) is 0.905. The molecule has 0 aliphatic rings. The molecule has 2 aromatic rings. The van der Waals surface area contributed by atoms with Crippen molar-refractivity contribution in [2.75, 3.05) is 11.6 Å². The molecule has 2 aromatic heterocycles. The van der Waals surface area contributed by atoms with E-state index in [1.165, 1.54) is 18.3 Å². The van der Waals surface area contributed by atoms with E-state index in [2.05, 4.69) is 20.5 Å². The Morgan fingerprint density at radius 1 is 1.17 bits per heavy atom. The van der Waals surface area contributed by atoms with Crippen LogP contribution in [0.15, 0.2) is 35.5 Å². The Balaban J connectivity index is 2.27. The molecule has 0 saturated heterocycles. The highest BCUT2D eigenvalue weighted by molar-refractivity contribution is 7.90. The highest BCUT2D eigenvalue weighted by atomic mass is 32.2. The maximum Gasteiger partial charge on any atom is 0.435 e. The number of sulfone groups is 1. The van der Waals surface area contributed by atoms with Crippen molar-refractivity contribution in [3.63, 3.8) is 0 Å². The zero-order valence-electron chi connectivity index (χ0n) is 11.5. The summed E-state index contributed by atoms with van der Waals surface area (Å²) in [5.41, 5.74) is -1.75. The van der Waals surface area contributed by atoms with Gasteiger partial charge in [-0.05, 0) is 24.3 Å². The molecule has 0 aliphatic heterocycles. The van der Waals surface area contributed by atoms with Crippen molar-refractivity contribution in [3.05, 3.63) is 41.9 Å². The molecular formula is C12H9F3N4O3S. The van der Waals surface area contributed by atoms with Crippen molar-refractivity contribution in [1.82, 2.24) is 15.2 Å². The third kappa shape index (κ3) is 4.00. The average Bonchev–Trinajstić information content (AvgIpc) is 2.46. The number of anilines is 1. The first-order chi connectivity index (χ1) is 10.6. The number of hydrogen-bond donors (Lipinski definition) is 1. The molecule has 0 aromatic carbocycles. The van der Waals surface area contributed by atoms with Crippen LogP contribution in [0.3, 0.4) is 0 Å². The first-order valence-corrected chi connectivity index (χ1v) is 7.85. The Kier molecular flexibility index (Phi) is 4.32. The van der Waals surface area contributed by atoms with Gasteiger partial charge in [0.1, 0.15) is 0 Å². The van der Waals surface area contributed by atoms with Gasteiger partial charge in [-0.1, -0.05) is 0 Å². The van der Waals surface area contributed by atoms with Crippen LogP contribution in [0.2, 0.25) is 0 Å². The van der Waals surface area contributed by atoms with Crippen molar-refractivity contribution < 1.29 is 26.4 Å². The SMILES string of the molecule is CS(=O)(=O)c1ncccc1NC(=O)c1ccc(C(F)(F)F)nn1. The molecule has 23 heavy (non-hydrogen) atoms. The van der Waals surface area contributed by atoms with E-state index in [-0.39, 0.29) is 10.7 Å². The smallest absolute Gasteiger partial charge is 0.318 e. The summed E-state index contributed by atoms with van der Waals surface area (Å²) in [4.78, 5) is 15.6. The summed E-state index contributed by atoms with van der Waals surface area (Å²) in [6, 6.07) is 4.12. The highest BCUT2D eigenvalue weighted by Crippen LogP contribution is 2.26. The molecule has 0 bridgehead atoms. The number of aromatic nitrogens is 3. The summed E-state index contributed by atoms with van der Waals surface area (Å²) < 4.78 is 60.2. The van der Waals surface area contributed by atoms with Gasteiger partial charge < -0.3 is 5.32 Å². The van der Waals surface area contributed by atoms with Gasteiger partial charge in [-0.3, -0.25) is 4.79 Å². The van der Waals surface area contributed by atoms with Crippen LogP contribution < -0.4 is 5.32 Å². The van der Waals surface area contributed by atoms with Crippen LogP contribution in [0.25, 0.3) is 0 Å². The summed E-state index contributed by atoms with van der Waals surface area (Å²) in [6.45, 7) is 0. The maximum atomic E-state index is 12.4. The molecule has 2 heterocycles. The number of amides is 1. The minimum Gasteiger partial charge on any atom is -0.318 e. The highest BCUT2D eigenvalue weighted by Gasteiger charge is 2.33. The fourth-order valence-corrected chi connectivity index (χ4v) is 2.34. The van der Waals surface area contributed by atoms with E-state index in [1.807, 2.05) is 0 Å². The topological polar surface area (TPSA) is 102 Å². The van der Waals surface area contributed by atoms with Crippen LogP contribution in [-0.2, 0) is 16.0 Å². The number of carbonyl (C=O) groups excluding carboxylic acids is 1. The monoisotopic (exact) mass is 346 g/mol. The number of rotatable bonds is 3. The van der Waals surface area contributed by atoms with Gasteiger partial charge in [0.15, 0.2) is 26.3 Å². The summed E-state index contributed by atoms with van der Waals surface area (Å²) in [5.74, 6) is -0.913. The Hall–Kier alpha value is -2.56. The van der Waals surface area contributed by atoms with E-state index >= 15 is 0 Å². The van der Waals surface area contributed by atoms with E-state index in [1.54, 1.807) is 0 Å². The molecule has 0 atom stereocenters. The molecular weight excluding hydrogens is 337 g/mol. The molecule has 0 unspecified atom stereocenters. The molecule has 0 fully saturated rings. The number of nitrogens with zero attached hydrogens (tertiary/aromatic N) is 3. The standard InChI is InChI=1S/C12H9F3N4O3S/c1-23(21,22)11-8(3-2-6-16-11)17-10(20)7-4-5-9(19-18-7)12(13,14)15/h2-6H,1H3,(H,17,20). The number of hydrogen-bond acceptors (Lipinski definition) is 6. The number of carbonyl (C=O) groups is 1. The molecule has 0 saturated carbocycles. The predicted molar refractivity (Wildman–Crippen MR) is 72.3 cm³/mol. The Morgan fingerprint density at radius 2 is 1.87 bits per heavy atom.